The highest BCUT2D eigenvalue weighted by Crippen LogP contribution is 2.21. The van der Waals surface area contributed by atoms with Crippen LogP contribution in [0.1, 0.15) is 23.3 Å². The van der Waals surface area contributed by atoms with Gasteiger partial charge in [0, 0.05) is 49.7 Å². The molecule has 2 fully saturated rings. The summed E-state index contributed by atoms with van der Waals surface area (Å²) in [6, 6.07) is 6.94. The number of carbonyl (C=O) groups is 2. The lowest BCUT2D eigenvalue weighted by atomic mass is 10.0. The molecule has 0 spiro atoms. The van der Waals surface area contributed by atoms with Gasteiger partial charge in [-0.25, -0.2) is 0 Å². The molecule has 0 unspecified atom stereocenters. The standard InChI is InChI=1S/C21H28N4O4/c1-28-16-5-4-15-13-19(22-18(15)14-16)20(26)23-17-3-2-6-25(21(17)27)8-7-24-9-11-29-12-10-24/h4-5,13-14,17,22H,2-3,6-12H2,1H3,(H,23,26)/t17-/m1/s1. The third-order valence-corrected chi connectivity index (χ3v) is 5.70. The molecule has 3 heterocycles. The largest absolute Gasteiger partial charge is 0.497 e. The Labute approximate surface area is 170 Å². The molecule has 4 rings (SSSR count). The first kappa shape index (κ1) is 19.7. The topological polar surface area (TPSA) is 86.9 Å². The van der Waals surface area contributed by atoms with Crippen LogP contribution in [0.5, 0.6) is 5.75 Å². The van der Waals surface area contributed by atoms with Gasteiger partial charge in [-0.15, -0.1) is 0 Å². The third-order valence-electron chi connectivity index (χ3n) is 5.70. The van der Waals surface area contributed by atoms with Crippen LogP contribution in [0.2, 0.25) is 0 Å². The molecule has 1 aromatic carbocycles. The van der Waals surface area contributed by atoms with Crippen LogP contribution in [0.25, 0.3) is 10.9 Å². The van der Waals surface area contributed by atoms with E-state index in [1.54, 1.807) is 13.2 Å². The molecule has 1 aromatic heterocycles. The molecule has 8 nitrogen and oxygen atoms in total. The molecular weight excluding hydrogens is 372 g/mol. The van der Waals surface area contributed by atoms with Crippen LogP contribution in [-0.4, -0.2) is 85.7 Å². The van der Waals surface area contributed by atoms with E-state index in [4.69, 9.17) is 9.47 Å². The van der Waals surface area contributed by atoms with E-state index in [1.807, 2.05) is 23.1 Å². The monoisotopic (exact) mass is 400 g/mol. The van der Waals surface area contributed by atoms with Crippen molar-refractivity contribution in [2.24, 2.45) is 0 Å². The number of H-pyrrole nitrogens is 1. The number of ether oxygens (including phenoxy) is 2. The Kier molecular flexibility index (Phi) is 6.01. The summed E-state index contributed by atoms with van der Waals surface area (Å²) in [4.78, 5) is 32.9. The number of hydrogen-bond donors (Lipinski definition) is 2. The highest BCUT2D eigenvalue weighted by atomic mass is 16.5. The fraction of sp³-hybridized carbons (Fsp3) is 0.524. The van der Waals surface area contributed by atoms with Gasteiger partial charge < -0.3 is 24.7 Å². The van der Waals surface area contributed by atoms with Crippen LogP contribution in [0.3, 0.4) is 0 Å². The van der Waals surface area contributed by atoms with Crippen molar-refractivity contribution >= 4 is 22.7 Å². The van der Waals surface area contributed by atoms with Crippen molar-refractivity contribution in [1.82, 2.24) is 20.1 Å². The molecule has 2 amide bonds. The lowest BCUT2D eigenvalue weighted by Crippen LogP contribution is -2.54. The van der Waals surface area contributed by atoms with Gasteiger partial charge in [-0.2, -0.15) is 0 Å². The van der Waals surface area contributed by atoms with Crippen molar-refractivity contribution in [3.8, 4) is 5.75 Å². The second-order valence-electron chi connectivity index (χ2n) is 7.58. The number of aromatic nitrogens is 1. The van der Waals surface area contributed by atoms with Gasteiger partial charge in [0.2, 0.25) is 5.91 Å². The van der Waals surface area contributed by atoms with E-state index in [2.05, 4.69) is 15.2 Å². The lowest BCUT2D eigenvalue weighted by molar-refractivity contribution is -0.136. The van der Waals surface area contributed by atoms with Gasteiger partial charge in [0.15, 0.2) is 0 Å². The van der Waals surface area contributed by atoms with E-state index in [0.717, 1.165) is 62.5 Å². The van der Waals surface area contributed by atoms with Gasteiger partial charge >= 0.3 is 0 Å². The Balaban J connectivity index is 1.36. The molecule has 0 bridgehead atoms. The molecule has 2 saturated heterocycles. The minimum Gasteiger partial charge on any atom is -0.497 e. The molecule has 2 aromatic rings. The Morgan fingerprint density at radius 1 is 1.24 bits per heavy atom. The number of methoxy groups -OCH3 is 1. The number of hydrogen-bond acceptors (Lipinski definition) is 5. The van der Waals surface area contributed by atoms with Crippen molar-refractivity contribution in [1.29, 1.82) is 0 Å². The zero-order chi connectivity index (χ0) is 20.2. The summed E-state index contributed by atoms with van der Waals surface area (Å²) in [5.74, 6) is 0.480. The molecular formula is C21H28N4O4. The van der Waals surface area contributed by atoms with Crippen LogP contribution < -0.4 is 10.1 Å². The number of amides is 2. The van der Waals surface area contributed by atoms with E-state index in [9.17, 15) is 9.59 Å². The maximum atomic E-state index is 12.9. The summed E-state index contributed by atoms with van der Waals surface area (Å²) in [6.07, 6.45) is 1.57. The summed E-state index contributed by atoms with van der Waals surface area (Å²) in [5, 5.41) is 3.84. The average molecular weight is 400 g/mol. The number of rotatable bonds is 6. The maximum absolute atomic E-state index is 12.9. The molecule has 29 heavy (non-hydrogen) atoms. The smallest absolute Gasteiger partial charge is 0.268 e. The van der Waals surface area contributed by atoms with Crippen molar-refractivity contribution in [3.05, 3.63) is 30.0 Å². The van der Waals surface area contributed by atoms with Gasteiger partial charge in [0.05, 0.1) is 20.3 Å². The number of likely N-dealkylation sites (tertiary alicyclic amines) is 1. The second-order valence-corrected chi connectivity index (χ2v) is 7.58. The van der Waals surface area contributed by atoms with Gasteiger partial charge in [-0.3, -0.25) is 14.5 Å². The molecule has 0 saturated carbocycles. The van der Waals surface area contributed by atoms with Crippen molar-refractivity contribution in [2.75, 3.05) is 53.0 Å². The van der Waals surface area contributed by atoms with Gasteiger partial charge in [-0.1, -0.05) is 0 Å². The number of nitrogens with zero attached hydrogens (tertiary/aromatic N) is 2. The second kappa shape index (κ2) is 8.84. The molecule has 1 atom stereocenters. The average Bonchev–Trinajstić information content (AvgIpc) is 3.18. The third kappa shape index (κ3) is 4.54. The first-order valence-electron chi connectivity index (χ1n) is 10.2. The zero-order valence-electron chi connectivity index (χ0n) is 16.8. The number of piperidine rings is 1. The van der Waals surface area contributed by atoms with E-state index in [-0.39, 0.29) is 11.8 Å². The summed E-state index contributed by atoms with van der Waals surface area (Å²) in [5.41, 5.74) is 1.28. The van der Waals surface area contributed by atoms with Crippen LogP contribution >= 0.6 is 0 Å². The predicted molar refractivity (Wildman–Crippen MR) is 109 cm³/mol. The fourth-order valence-corrected chi connectivity index (χ4v) is 3.97. The van der Waals surface area contributed by atoms with E-state index in [0.29, 0.717) is 18.7 Å². The Hall–Kier alpha value is -2.58. The number of nitrogens with one attached hydrogen (secondary N) is 2. The maximum Gasteiger partial charge on any atom is 0.268 e. The summed E-state index contributed by atoms with van der Waals surface area (Å²) >= 11 is 0. The lowest BCUT2D eigenvalue weighted by Gasteiger charge is -2.35. The SMILES string of the molecule is COc1ccc2cc(C(=O)N[C@@H]3CCCN(CCN4CCOCC4)C3=O)[nH]c2c1. The van der Waals surface area contributed by atoms with Gasteiger partial charge in [-0.05, 0) is 31.0 Å². The Morgan fingerprint density at radius 2 is 2.07 bits per heavy atom. The summed E-state index contributed by atoms with van der Waals surface area (Å²) in [6.45, 7) is 5.62. The zero-order valence-corrected chi connectivity index (χ0v) is 16.8. The number of benzene rings is 1. The molecule has 8 heteroatoms. The normalized spacial score (nSPS) is 20.8. The van der Waals surface area contributed by atoms with Crippen molar-refractivity contribution < 1.29 is 19.1 Å². The summed E-state index contributed by atoms with van der Waals surface area (Å²) < 4.78 is 10.6. The summed E-state index contributed by atoms with van der Waals surface area (Å²) in [7, 11) is 1.61. The molecule has 2 N–H and O–H groups in total. The molecule has 156 valence electrons. The van der Waals surface area contributed by atoms with Crippen molar-refractivity contribution in [2.45, 2.75) is 18.9 Å². The van der Waals surface area contributed by atoms with Gasteiger partial charge in [0.25, 0.3) is 5.91 Å². The number of aromatic amines is 1. The van der Waals surface area contributed by atoms with Crippen LogP contribution in [0, 0.1) is 0 Å². The fourth-order valence-electron chi connectivity index (χ4n) is 3.97. The number of carbonyl (C=O) groups excluding carboxylic acids is 2. The van der Waals surface area contributed by atoms with Crippen LogP contribution in [0.15, 0.2) is 24.3 Å². The highest BCUT2D eigenvalue weighted by molar-refractivity contribution is 6.00. The molecule has 0 aliphatic carbocycles. The molecule has 2 aliphatic rings. The van der Waals surface area contributed by atoms with Gasteiger partial charge in [0.1, 0.15) is 17.5 Å². The first-order chi connectivity index (χ1) is 14.1. The van der Waals surface area contributed by atoms with Crippen LogP contribution in [0.4, 0.5) is 0 Å². The minimum atomic E-state index is -0.470. The van der Waals surface area contributed by atoms with Crippen LogP contribution in [-0.2, 0) is 9.53 Å². The Morgan fingerprint density at radius 3 is 2.86 bits per heavy atom. The van der Waals surface area contributed by atoms with E-state index < -0.39 is 6.04 Å². The number of morpholine rings is 1. The quantitative estimate of drug-likeness (QED) is 0.762. The molecule has 2 aliphatic heterocycles. The van der Waals surface area contributed by atoms with E-state index >= 15 is 0 Å². The number of fused-ring (bicyclic) bond motifs is 1. The first-order valence-corrected chi connectivity index (χ1v) is 10.2. The Bertz CT molecular complexity index is 875. The molecule has 0 radical (unpaired) electrons. The minimum absolute atomic E-state index is 0.00985. The van der Waals surface area contributed by atoms with Crippen molar-refractivity contribution in [3.63, 3.8) is 0 Å². The van der Waals surface area contributed by atoms with E-state index in [1.165, 1.54) is 0 Å². The predicted octanol–water partition coefficient (Wildman–Crippen LogP) is 1.23. The highest BCUT2D eigenvalue weighted by Gasteiger charge is 2.30.